The fraction of sp³-hybridized carbons (Fsp3) is 0.286. The van der Waals surface area contributed by atoms with Crippen molar-refractivity contribution in [2.75, 3.05) is 5.32 Å². The molecule has 0 aromatic heterocycles. The van der Waals surface area contributed by atoms with Gasteiger partial charge in [0.25, 0.3) is 5.91 Å². The summed E-state index contributed by atoms with van der Waals surface area (Å²) in [6, 6.07) is 11.8. The first kappa shape index (κ1) is 21.0. The molecule has 0 saturated heterocycles. The van der Waals surface area contributed by atoms with Crippen LogP contribution in [0.1, 0.15) is 36.7 Å². The van der Waals surface area contributed by atoms with Gasteiger partial charge in [-0.1, -0.05) is 12.1 Å². The molecular weight excluding hydrogens is 358 g/mol. The summed E-state index contributed by atoms with van der Waals surface area (Å²) in [7, 11) is 0. The van der Waals surface area contributed by atoms with Crippen LogP contribution in [0.2, 0.25) is 0 Å². The molecule has 4 N–H and O–H groups in total. The molecule has 0 saturated carbocycles. The molecule has 148 valence electrons. The van der Waals surface area contributed by atoms with Gasteiger partial charge in [-0.2, -0.15) is 0 Å². The molecular formula is C21H25N3O4. The topological polar surface area (TPSA) is 108 Å². The van der Waals surface area contributed by atoms with Gasteiger partial charge in [-0.05, 0) is 69.2 Å². The maximum Gasteiger partial charge on any atom is 0.319 e. The summed E-state index contributed by atoms with van der Waals surface area (Å²) in [5, 5.41) is 17.4. The molecule has 2 aromatic rings. The highest BCUT2D eigenvalue weighted by atomic mass is 16.3. The van der Waals surface area contributed by atoms with Gasteiger partial charge in [-0.3, -0.25) is 9.59 Å². The number of phenolic OH excluding ortho intramolecular Hbond substituents is 1. The second-order valence-electron chi connectivity index (χ2n) is 6.84. The molecule has 0 unspecified atom stereocenters. The Labute approximate surface area is 164 Å². The van der Waals surface area contributed by atoms with Gasteiger partial charge in [-0.15, -0.1) is 0 Å². The molecule has 0 aliphatic rings. The van der Waals surface area contributed by atoms with E-state index < -0.39 is 12.1 Å². The zero-order valence-corrected chi connectivity index (χ0v) is 16.2. The minimum Gasteiger partial charge on any atom is -0.508 e. The van der Waals surface area contributed by atoms with E-state index in [0.717, 1.165) is 5.56 Å². The Morgan fingerprint density at radius 3 is 2.07 bits per heavy atom. The summed E-state index contributed by atoms with van der Waals surface area (Å²) in [4.78, 5) is 36.1. The normalized spacial score (nSPS) is 11.6. The van der Waals surface area contributed by atoms with Crippen molar-refractivity contribution in [1.82, 2.24) is 10.6 Å². The molecule has 0 heterocycles. The first-order valence-electron chi connectivity index (χ1n) is 9.01. The number of hydrogen-bond donors (Lipinski definition) is 4. The largest absolute Gasteiger partial charge is 0.508 e. The van der Waals surface area contributed by atoms with Gasteiger partial charge in [0.2, 0.25) is 0 Å². The van der Waals surface area contributed by atoms with Crippen LogP contribution >= 0.6 is 0 Å². The maximum atomic E-state index is 12.2. The molecule has 1 atom stereocenters. The quantitative estimate of drug-likeness (QED) is 0.590. The summed E-state index contributed by atoms with van der Waals surface area (Å²) in [6.07, 6.45) is 0.317. The molecule has 28 heavy (non-hydrogen) atoms. The van der Waals surface area contributed by atoms with E-state index in [1.807, 2.05) is 13.8 Å². The number of urea groups is 1. The van der Waals surface area contributed by atoms with Gasteiger partial charge in [-0.25, -0.2) is 4.79 Å². The number of benzene rings is 2. The number of carbonyl (C=O) groups is 3. The van der Waals surface area contributed by atoms with Gasteiger partial charge in [0.15, 0.2) is 5.78 Å². The first-order chi connectivity index (χ1) is 13.2. The van der Waals surface area contributed by atoms with Gasteiger partial charge in [0, 0.05) is 17.3 Å². The maximum absolute atomic E-state index is 12.2. The van der Waals surface area contributed by atoms with Crippen LogP contribution in [-0.4, -0.2) is 34.9 Å². The van der Waals surface area contributed by atoms with E-state index in [4.69, 9.17) is 0 Å². The van der Waals surface area contributed by atoms with Gasteiger partial charge in [0.05, 0.1) is 6.04 Å². The molecule has 0 aliphatic heterocycles. The Hall–Kier alpha value is -3.35. The monoisotopic (exact) mass is 383 g/mol. The van der Waals surface area contributed by atoms with E-state index in [9.17, 15) is 19.5 Å². The average Bonchev–Trinajstić information content (AvgIpc) is 2.62. The molecule has 0 fully saturated rings. The van der Waals surface area contributed by atoms with Gasteiger partial charge < -0.3 is 21.1 Å². The number of nitrogens with one attached hydrogen (secondary N) is 3. The van der Waals surface area contributed by atoms with E-state index in [2.05, 4.69) is 16.0 Å². The van der Waals surface area contributed by atoms with Crippen LogP contribution in [0.25, 0.3) is 0 Å². The fourth-order valence-corrected chi connectivity index (χ4v) is 2.54. The summed E-state index contributed by atoms with van der Waals surface area (Å²) in [5.74, 6) is -0.222. The zero-order valence-electron chi connectivity index (χ0n) is 16.2. The molecule has 7 nitrogen and oxygen atoms in total. The molecule has 0 aliphatic carbocycles. The summed E-state index contributed by atoms with van der Waals surface area (Å²) < 4.78 is 0. The van der Waals surface area contributed by atoms with Crippen molar-refractivity contribution in [2.45, 2.75) is 39.3 Å². The Bertz CT molecular complexity index is 830. The standard InChI is InChI=1S/C21H25N3O4/c1-13(2)22-20(27)16-6-8-17(9-7-16)23-21(28)24-19(14(3)25)12-15-4-10-18(26)11-5-15/h4-11,13,19,26H,12H2,1-3H3,(H,22,27)(H2,23,24,28)/t19-/m0/s1. The van der Waals surface area contributed by atoms with Crippen molar-refractivity contribution in [3.8, 4) is 5.75 Å². The molecule has 7 heteroatoms. The van der Waals surface area contributed by atoms with Crippen LogP contribution in [-0.2, 0) is 11.2 Å². The number of amides is 3. The van der Waals surface area contributed by atoms with Crippen LogP contribution in [0.5, 0.6) is 5.75 Å². The summed E-state index contributed by atoms with van der Waals surface area (Å²) in [5.41, 5.74) is 1.82. The number of ketones is 1. The second kappa shape index (κ2) is 9.55. The Kier molecular flexibility index (Phi) is 7.14. The van der Waals surface area contributed by atoms with Crippen LogP contribution in [0.3, 0.4) is 0 Å². The lowest BCUT2D eigenvalue weighted by Crippen LogP contribution is -2.43. The second-order valence-corrected chi connectivity index (χ2v) is 6.84. The Morgan fingerprint density at radius 2 is 1.54 bits per heavy atom. The molecule has 3 amide bonds. The van der Waals surface area contributed by atoms with E-state index in [-0.39, 0.29) is 23.5 Å². The number of carbonyl (C=O) groups excluding carboxylic acids is 3. The average molecular weight is 383 g/mol. The predicted molar refractivity (Wildman–Crippen MR) is 107 cm³/mol. The third-order valence-corrected chi connectivity index (χ3v) is 4.00. The molecule has 0 spiro atoms. The van der Waals surface area contributed by atoms with Crippen LogP contribution in [0, 0.1) is 0 Å². The number of anilines is 1. The number of phenols is 1. The SMILES string of the molecule is CC(=O)[C@H](Cc1ccc(O)cc1)NC(=O)Nc1ccc(C(=O)NC(C)C)cc1. The fourth-order valence-electron chi connectivity index (χ4n) is 2.54. The molecule has 2 aromatic carbocycles. The van der Waals surface area contributed by atoms with Crippen molar-refractivity contribution in [1.29, 1.82) is 0 Å². The number of Topliss-reactive ketones (excluding diaryl/α,β-unsaturated/α-hetero) is 1. The predicted octanol–water partition coefficient (Wildman–Crippen LogP) is 2.85. The summed E-state index contributed by atoms with van der Waals surface area (Å²) in [6.45, 7) is 5.16. The number of aromatic hydroxyl groups is 1. The molecule has 2 rings (SSSR count). The third-order valence-electron chi connectivity index (χ3n) is 4.00. The van der Waals surface area contributed by atoms with E-state index in [1.165, 1.54) is 19.1 Å². The van der Waals surface area contributed by atoms with Crippen molar-refractivity contribution in [3.05, 3.63) is 59.7 Å². The lowest BCUT2D eigenvalue weighted by Gasteiger charge is -2.17. The van der Waals surface area contributed by atoms with Crippen LogP contribution < -0.4 is 16.0 Å². The first-order valence-corrected chi connectivity index (χ1v) is 9.01. The lowest BCUT2D eigenvalue weighted by molar-refractivity contribution is -0.118. The van der Waals surface area contributed by atoms with E-state index in [0.29, 0.717) is 17.7 Å². The Morgan fingerprint density at radius 1 is 0.929 bits per heavy atom. The highest BCUT2D eigenvalue weighted by Gasteiger charge is 2.18. The van der Waals surface area contributed by atoms with Crippen molar-refractivity contribution < 1.29 is 19.5 Å². The smallest absolute Gasteiger partial charge is 0.319 e. The van der Waals surface area contributed by atoms with E-state index in [1.54, 1.807) is 36.4 Å². The Balaban J connectivity index is 1.96. The number of rotatable bonds is 7. The molecule has 0 radical (unpaired) electrons. The lowest BCUT2D eigenvalue weighted by atomic mass is 10.0. The number of hydrogen-bond acceptors (Lipinski definition) is 4. The zero-order chi connectivity index (χ0) is 20.7. The minimum absolute atomic E-state index is 0.0353. The van der Waals surface area contributed by atoms with Crippen molar-refractivity contribution in [2.24, 2.45) is 0 Å². The van der Waals surface area contributed by atoms with E-state index >= 15 is 0 Å². The van der Waals surface area contributed by atoms with Gasteiger partial charge in [0.1, 0.15) is 5.75 Å². The minimum atomic E-state index is -0.694. The van der Waals surface area contributed by atoms with Crippen molar-refractivity contribution >= 4 is 23.4 Å². The highest BCUT2D eigenvalue weighted by Crippen LogP contribution is 2.13. The summed E-state index contributed by atoms with van der Waals surface area (Å²) >= 11 is 0. The third kappa shape index (κ3) is 6.42. The van der Waals surface area contributed by atoms with Crippen LogP contribution in [0.15, 0.2) is 48.5 Å². The highest BCUT2D eigenvalue weighted by molar-refractivity contribution is 5.96. The van der Waals surface area contributed by atoms with Crippen molar-refractivity contribution in [3.63, 3.8) is 0 Å². The van der Waals surface area contributed by atoms with Gasteiger partial charge >= 0.3 is 6.03 Å². The molecule has 0 bridgehead atoms. The van der Waals surface area contributed by atoms with Crippen LogP contribution in [0.4, 0.5) is 10.5 Å².